The van der Waals surface area contributed by atoms with Gasteiger partial charge in [-0.2, -0.15) is 0 Å². The lowest BCUT2D eigenvalue weighted by Gasteiger charge is -2.28. The molecule has 4 heteroatoms. The monoisotopic (exact) mass is 237 g/mol. The molecule has 0 bridgehead atoms. The molecular weight excluding hydrogens is 214 g/mol. The molecule has 1 unspecified atom stereocenters. The number of aliphatic hydroxyl groups excluding tert-OH is 1. The van der Waals surface area contributed by atoms with E-state index in [1.165, 1.54) is 19.3 Å². The van der Waals surface area contributed by atoms with Crippen molar-refractivity contribution in [2.24, 2.45) is 0 Å². The first-order valence-electron chi connectivity index (χ1n) is 5.70. The van der Waals surface area contributed by atoms with Gasteiger partial charge in [-0.25, -0.2) is 0 Å². The van der Waals surface area contributed by atoms with Gasteiger partial charge in [0.15, 0.2) is 0 Å². The Morgan fingerprint density at radius 1 is 1.20 bits per heavy atom. The number of ether oxygens (including phenoxy) is 1. The molecule has 3 nitrogen and oxygen atoms in total. The topological polar surface area (TPSA) is 32.7 Å². The molecule has 1 aliphatic rings. The summed E-state index contributed by atoms with van der Waals surface area (Å²) in [6.45, 7) is 7.50. The molecule has 1 fully saturated rings. The molecular formula is C11H24ClNO2. The fourth-order valence-electron chi connectivity index (χ4n) is 1.80. The molecule has 0 saturated carbocycles. The third-order valence-corrected chi connectivity index (χ3v) is 2.54. The van der Waals surface area contributed by atoms with Crippen molar-refractivity contribution in [2.75, 3.05) is 26.2 Å². The zero-order chi connectivity index (χ0) is 10.4. The fraction of sp³-hybridized carbons (Fsp3) is 1.00. The maximum absolute atomic E-state index is 9.68. The van der Waals surface area contributed by atoms with E-state index in [0.29, 0.717) is 6.61 Å². The van der Waals surface area contributed by atoms with Gasteiger partial charge in [-0.1, -0.05) is 6.42 Å². The number of halogens is 1. The molecule has 1 rings (SSSR count). The van der Waals surface area contributed by atoms with Gasteiger partial charge in [-0.05, 0) is 39.8 Å². The summed E-state index contributed by atoms with van der Waals surface area (Å²) in [5, 5.41) is 9.68. The van der Waals surface area contributed by atoms with Crippen LogP contribution >= 0.6 is 12.4 Å². The largest absolute Gasteiger partial charge is 0.389 e. The van der Waals surface area contributed by atoms with E-state index in [4.69, 9.17) is 4.74 Å². The third kappa shape index (κ3) is 7.12. The average Bonchev–Trinajstić information content (AvgIpc) is 2.16. The molecule has 0 amide bonds. The van der Waals surface area contributed by atoms with E-state index in [0.717, 1.165) is 19.6 Å². The lowest BCUT2D eigenvalue weighted by molar-refractivity contribution is -0.0105. The van der Waals surface area contributed by atoms with Crippen LogP contribution in [0.5, 0.6) is 0 Å². The molecule has 1 N–H and O–H groups in total. The highest BCUT2D eigenvalue weighted by Gasteiger charge is 2.14. The van der Waals surface area contributed by atoms with Crippen molar-refractivity contribution in [1.82, 2.24) is 4.90 Å². The number of β-amino-alcohol motifs (C(OH)–C–C–N with tert-alkyl or cyclic N) is 1. The second-order valence-corrected chi connectivity index (χ2v) is 4.40. The van der Waals surface area contributed by atoms with Gasteiger partial charge in [-0.3, -0.25) is 0 Å². The molecule has 0 aromatic heterocycles. The number of hydrogen-bond donors (Lipinski definition) is 1. The van der Waals surface area contributed by atoms with Crippen LogP contribution in [-0.4, -0.2) is 48.5 Å². The predicted molar refractivity (Wildman–Crippen MR) is 64.6 cm³/mol. The minimum atomic E-state index is -0.324. The Hall–Kier alpha value is 0.170. The number of aliphatic hydroxyl groups is 1. The minimum Gasteiger partial charge on any atom is -0.389 e. The van der Waals surface area contributed by atoms with Crippen molar-refractivity contribution in [3.8, 4) is 0 Å². The van der Waals surface area contributed by atoms with Crippen LogP contribution in [-0.2, 0) is 4.74 Å². The lowest BCUT2D eigenvalue weighted by Crippen LogP contribution is -2.38. The first-order chi connectivity index (χ1) is 6.68. The van der Waals surface area contributed by atoms with Crippen molar-refractivity contribution in [3.05, 3.63) is 0 Å². The van der Waals surface area contributed by atoms with Crippen molar-refractivity contribution < 1.29 is 9.84 Å². The SMILES string of the molecule is CC(C)OCC(O)CN1CCCCC1.Cl. The average molecular weight is 238 g/mol. The Morgan fingerprint density at radius 3 is 2.33 bits per heavy atom. The zero-order valence-corrected chi connectivity index (χ0v) is 10.6. The van der Waals surface area contributed by atoms with E-state index >= 15 is 0 Å². The van der Waals surface area contributed by atoms with E-state index in [1.807, 2.05) is 13.8 Å². The molecule has 15 heavy (non-hydrogen) atoms. The predicted octanol–water partition coefficient (Wildman–Crippen LogP) is 1.68. The summed E-state index contributed by atoms with van der Waals surface area (Å²) in [6.07, 6.45) is 3.78. The molecule has 0 aliphatic carbocycles. The van der Waals surface area contributed by atoms with Crippen LogP contribution in [0.2, 0.25) is 0 Å². The molecule has 0 aromatic rings. The van der Waals surface area contributed by atoms with Crippen molar-refractivity contribution >= 4 is 12.4 Å². The minimum absolute atomic E-state index is 0. The maximum Gasteiger partial charge on any atom is 0.0900 e. The summed E-state index contributed by atoms with van der Waals surface area (Å²) in [5.74, 6) is 0. The van der Waals surface area contributed by atoms with Gasteiger partial charge in [0, 0.05) is 6.54 Å². The normalized spacial score (nSPS) is 20.0. The van der Waals surface area contributed by atoms with Gasteiger partial charge in [-0.15, -0.1) is 12.4 Å². The number of rotatable bonds is 5. The van der Waals surface area contributed by atoms with Crippen LogP contribution < -0.4 is 0 Å². The molecule has 0 aromatic carbocycles. The van der Waals surface area contributed by atoms with Crippen LogP contribution in [0.15, 0.2) is 0 Å². The Morgan fingerprint density at radius 2 is 1.80 bits per heavy atom. The van der Waals surface area contributed by atoms with Gasteiger partial charge in [0.05, 0.1) is 18.8 Å². The molecule has 1 saturated heterocycles. The Labute approximate surface area is 99.2 Å². The highest BCUT2D eigenvalue weighted by Crippen LogP contribution is 2.09. The fourth-order valence-corrected chi connectivity index (χ4v) is 1.80. The van der Waals surface area contributed by atoms with Gasteiger partial charge in [0.1, 0.15) is 0 Å². The van der Waals surface area contributed by atoms with Crippen LogP contribution in [0.1, 0.15) is 33.1 Å². The van der Waals surface area contributed by atoms with E-state index in [-0.39, 0.29) is 24.6 Å². The van der Waals surface area contributed by atoms with E-state index in [1.54, 1.807) is 0 Å². The van der Waals surface area contributed by atoms with Gasteiger partial charge < -0.3 is 14.7 Å². The highest BCUT2D eigenvalue weighted by atomic mass is 35.5. The summed E-state index contributed by atoms with van der Waals surface area (Å²) >= 11 is 0. The summed E-state index contributed by atoms with van der Waals surface area (Å²) in [5.41, 5.74) is 0. The number of piperidine rings is 1. The summed E-state index contributed by atoms with van der Waals surface area (Å²) in [4.78, 5) is 2.33. The Balaban J connectivity index is 0.00000196. The molecule has 92 valence electrons. The Kier molecular flexibility index (Phi) is 8.43. The van der Waals surface area contributed by atoms with Gasteiger partial charge in [0.25, 0.3) is 0 Å². The number of likely N-dealkylation sites (tertiary alicyclic amines) is 1. The smallest absolute Gasteiger partial charge is 0.0900 e. The molecule has 0 spiro atoms. The summed E-state index contributed by atoms with van der Waals surface area (Å²) in [7, 11) is 0. The van der Waals surface area contributed by atoms with Crippen LogP contribution in [0.4, 0.5) is 0 Å². The molecule has 1 aliphatic heterocycles. The zero-order valence-electron chi connectivity index (χ0n) is 9.82. The standard InChI is InChI=1S/C11H23NO2.ClH/c1-10(2)14-9-11(13)8-12-6-4-3-5-7-12;/h10-11,13H,3-9H2,1-2H3;1H. The van der Waals surface area contributed by atoms with Crippen molar-refractivity contribution in [1.29, 1.82) is 0 Å². The second-order valence-electron chi connectivity index (χ2n) is 4.40. The third-order valence-electron chi connectivity index (χ3n) is 2.54. The van der Waals surface area contributed by atoms with Crippen LogP contribution in [0.25, 0.3) is 0 Å². The number of nitrogens with zero attached hydrogens (tertiary/aromatic N) is 1. The van der Waals surface area contributed by atoms with E-state index in [9.17, 15) is 5.11 Å². The quantitative estimate of drug-likeness (QED) is 0.790. The van der Waals surface area contributed by atoms with Crippen LogP contribution in [0.3, 0.4) is 0 Å². The second kappa shape index (κ2) is 8.34. The van der Waals surface area contributed by atoms with Gasteiger partial charge >= 0.3 is 0 Å². The van der Waals surface area contributed by atoms with E-state index < -0.39 is 0 Å². The van der Waals surface area contributed by atoms with Crippen molar-refractivity contribution in [3.63, 3.8) is 0 Å². The summed E-state index contributed by atoms with van der Waals surface area (Å²) in [6, 6.07) is 0. The molecule has 1 heterocycles. The van der Waals surface area contributed by atoms with Gasteiger partial charge in [0.2, 0.25) is 0 Å². The van der Waals surface area contributed by atoms with E-state index in [2.05, 4.69) is 4.90 Å². The maximum atomic E-state index is 9.68. The Bertz CT molecular complexity index is 150. The highest BCUT2D eigenvalue weighted by molar-refractivity contribution is 5.85. The first-order valence-corrected chi connectivity index (χ1v) is 5.70. The van der Waals surface area contributed by atoms with Crippen LogP contribution in [0, 0.1) is 0 Å². The number of hydrogen-bond acceptors (Lipinski definition) is 3. The lowest BCUT2D eigenvalue weighted by atomic mass is 10.1. The molecule has 1 atom stereocenters. The summed E-state index contributed by atoms with van der Waals surface area (Å²) < 4.78 is 5.37. The first kappa shape index (κ1) is 15.2. The molecule has 0 radical (unpaired) electrons. The van der Waals surface area contributed by atoms with Crippen molar-refractivity contribution in [2.45, 2.75) is 45.3 Å².